The lowest BCUT2D eigenvalue weighted by Gasteiger charge is -2.29. The molecular weight excluding hydrogens is 417 g/mol. The van der Waals surface area contributed by atoms with Crippen LogP contribution >= 0.6 is 34.5 Å². The predicted molar refractivity (Wildman–Crippen MR) is 102 cm³/mol. The summed E-state index contributed by atoms with van der Waals surface area (Å²) in [4.78, 5) is 17.1. The summed E-state index contributed by atoms with van der Waals surface area (Å²) < 4.78 is 28.7. The van der Waals surface area contributed by atoms with Crippen LogP contribution in [0.4, 0.5) is 0 Å². The largest absolute Gasteiger partial charge is 0.327 e. The smallest absolute Gasteiger partial charge is 0.251 e. The summed E-state index contributed by atoms with van der Waals surface area (Å²) in [6.07, 6.45) is 2.68. The lowest BCUT2D eigenvalue weighted by Crippen LogP contribution is -2.40. The topological polar surface area (TPSA) is 71.7 Å². The van der Waals surface area contributed by atoms with Gasteiger partial charge in [-0.3, -0.25) is 4.79 Å². The molecular formula is C16H17Cl2N3O3S2. The third-order valence-electron chi connectivity index (χ3n) is 4.28. The van der Waals surface area contributed by atoms with Crippen molar-refractivity contribution >= 4 is 50.5 Å². The van der Waals surface area contributed by atoms with Gasteiger partial charge in [-0.15, -0.1) is 11.3 Å². The number of sulfonamides is 1. The number of halogens is 2. The lowest BCUT2D eigenvalue weighted by molar-refractivity contribution is -0.122. The van der Waals surface area contributed by atoms with Gasteiger partial charge in [-0.25, -0.2) is 8.42 Å². The number of aromatic nitrogens is 1. The molecule has 1 saturated heterocycles. The normalized spacial score (nSPS) is 17.6. The van der Waals surface area contributed by atoms with Gasteiger partial charge in [0.25, 0.3) is 5.91 Å². The summed E-state index contributed by atoms with van der Waals surface area (Å²) >= 11 is 13.3. The Hall–Kier alpha value is -1.19. The van der Waals surface area contributed by atoms with Crippen molar-refractivity contribution in [3.63, 3.8) is 0 Å². The molecule has 0 radical (unpaired) electrons. The molecule has 0 bridgehead atoms. The van der Waals surface area contributed by atoms with Crippen molar-refractivity contribution in [3.8, 4) is 0 Å². The highest BCUT2D eigenvalue weighted by molar-refractivity contribution is 7.89. The summed E-state index contributed by atoms with van der Waals surface area (Å²) in [7, 11) is -1.92. The van der Waals surface area contributed by atoms with Crippen LogP contribution in [0, 0.1) is 5.92 Å². The van der Waals surface area contributed by atoms with E-state index in [0.29, 0.717) is 22.7 Å². The van der Waals surface area contributed by atoms with Gasteiger partial charge in [0.2, 0.25) is 10.0 Å². The zero-order valence-electron chi connectivity index (χ0n) is 13.9. The minimum atomic E-state index is -3.75. The fraction of sp³-hybridized carbons (Fsp3) is 0.375. The Morgan fingerprint density at radius 2 is 1.96 bits per heavy atom. The highest BCUT2D eigenvalue weighted by atomic mass is 35.5. The van der Waals surface area contributed by atoms with Crippen LogP contribution in [0.3, 0.4) is 0 Å². The van der Waals surface area contributed by atoms with E-state index in [4.69, 9.17) is 23.2 Å². The average molecular weight is 434 g/mol. The van der Waals surface area contributed by atoms with E-state index in [9.17, 15) is 13.2 Å². The monoisotopic (exact) mass is 433 g/mol. The molecule has 26 heavy (non-hydrogen) atoms. The maximum absolute atomic E-state index is 12.8. The number of nitrogens with zero attached hydrogens (tertiary/aromatic N) is 3. The number of carbonyl (C=O) groups is 1. The molecule has 2 aromatic rings. The Morgan fingerprint density at radius 3 is 2.58 bits per heavy atom. The Morgan fingerprint density at radius 1 is 1.27 bits per heavy atom. The first-order valence-corrected chi connectivity index (χ1v) is 11.0. The fourth-order valence-electron chi connectivity index (χ4n) is 2.78. The summed E-state index contributed by atoms with van der Waals surface area (Å²) in [6, 6.07) is 4.36. The summed E-state index contributed by atoms with van der Waals surface area (Å²) in [5.41, 5.74) is 0. The lowest BCUT2D eigenvalue weighted by atomic mass is 9.98. The van der Waals surface area contributed by atoms with Crippen LogP contribution in [0.15, 0.2) is 39.7 Å². The Bertz CT molecular complexity index is 990. The number of aryl methyl sites for hydroxylation is 1. The van der Waals surface area contributed by atoms with Crippen molar-refractivity contribution in [1.82, 2.24) is 8.87 Å². The van der Waals surface area contributed by atoms with Crippen molar-refractivity contribution < 1.29 is 13.2 Å². The molecule has 0 atom stereocenters. The SMILES string of the molecule is Cn1ccsc1=NC(=O)C1CCN(S(=O)(=O)c2cc(Cl)ccc2Cl)CC1. The molecule has 1 aliphatic heterocycles. The van der Waals surface area contributed by atoms with Gasteiger partial charge in [0, 0.05) is 42.7 Å². The molecule has 1 aliphatic rings. The number of carbonyl (C=O) groups excluding carboxylic acids is 1. The van der Waals surface area contributed by atoms with Crippen LogP contribution < -0.4 is 4.80 Å². The van der Waals surface area contributed by atoms with Gasteiger partial charge in [-0.05, 0) is 31.0 Å². The van der Waals surface area contributed by atoms with Gasteiger partial charge in [0.05, 0.1) is 5.02 Å². The highest BCUT2D eigenvalue weighted by Crippen LogP contribution is 2.30. The van der Waals surface area contributed by atoms with E-state index in [2.05, 4.69) is 4.99 Å². The Labute approximate surface area is 165 Å². The minimum absolute atomic E-state index is 0.00765. The summed E-state index contributed by atoms with van der Waals surface area (Å²) in [5, 5.41) is 2.30. The average Bonchev–Trinajstić information content (AvgIpc) is 3.02. The third kappa shape index (κ3) is 4.04. The second kappa shape index (κ2) is 7.82. The molecule has 0 spiro atoms. The van der Waals surface area contributed by atoms with E-state index >= 15 is 0 Å². The second-order valence-electron chi connectivity index (χ2n) is 6.00. The number of thiazole rings is 1. The van der Waals surface area contributed by atoms with Gasteiger partial charge in [0.1, 0.15) is 4.90 Å². The first kappa shape index (κ1) is 19.6. The first-order valence-electron chi connectivity index (χ1n) is 7.93. The Balaban J connectivity index is 1.73. The van der Waals surface area contributed by atoms with Gasteiger partial charge in [0.15, 0.2) is 4.80 Å². The molecule has 1 fully saturated rings. The second-order valence-corrected chi connectivity index (χ2v) is 9.62. The molecule has 1 amide bonds. The number of benzene rings is 1. The van der Waals surface area contributed by atoms with E-state index in [-0.39, 0.29) is 34.8 Å². The molecule has 10 heteroatoms. The van der Waals surface area contributed by atoms with Gasteiger partial charge in [-0.1, -0.05) is 23.2 Å². The first-order chi connectivity index (χ1) is 12.3. The molecule has 1 aromatic carbocycles. The quantitative estimate of drug-likeness (QED) is 0.746. The van der Waals surface area contributed by atoms with Gasteiger partial charge >= 0.3 is 0 Å². The van der Waals surface area contributed by atoms with Crippen molar-refractivity contribution in [2.45, 2.75) is 17.7 Å². The van der Waals surface area contributed by atoms with E-state index in [0.717, 1.165) is 0 Å². The van der Waals surface area contributed by atoms with Crippen LogP contribution in [0.1, 0.15) is 12.8 Å². The maximum atomic E-state index is 12.8. The molecule has 6 nitrogen and oxygen atoms in total. The van der Waals surface area contributed by atoms with Crippen molar-refractivity contribution in [1.29, 1.82) is 0 Å². The molecule has 3 rings (SSSR count). The van der Waals surface area contributed by atoms with Crippen LogP contribution in [-0.2, 0) is 21.9 Å². The molecule has 1 aromatic heterocycles. The number of rotatable bonds is 3. The van der Waals surface area contributed by atoms with Gasteiger partial charge in [-0.2, -0.15) is 9.30 Å². The van der Waals surface area contributed by atoms with Crippen molar-refractivity contribution in [2.75, 3.05) is 13.1 Å². The van der Waals surface area contributed by atoms with Crippen LogP contribution in [-0.4, -0.2) is 36.3 Å². The van der Waals surface area contributed by atoms with Crippen molar-refractivity contribution in [2.24, 2.45) is 18.0 Å². The number of hydrogen-bond acceptors (Lipinski definition) is 4. The van der Waals surface area contributed by atoms with Crippen molar-refractivity contribution in [3.05, 3.63) is 44.6 Å². The molecule has 0 unspecified atom stereocenters. The van der Waals surface area contributed by atoms with Crippen LogP contribution in [0.25, 0.3) is 0 Å². The maximum Gasteiger partial charge on any atom is 0.251 e. The van der Waals surface area contributed by atoms with Crippen LogP contribution in [0.5, 0.6) is 0 Å². The molecule has 0 saturated carbocycles. The summed E-state index contributed by atoms with van der Waals surface area (Å²) in [5.74, 6) is -0.487. The molecule has 2 heterocycles. The molecule has 140 valence electrons. The van der Waals surface area contributed by atoms with E-state index < -0.39 is 10.0 Å². The zero-order valence-corrected chi connectivity index (χ0v) is 17.1. The molecule has 0 N–H and O–H groups in total. The van der Waals surface area contributed by atoms with E-state index in [1.807, 2.05) is 18.6 Å². The van der Waals surface area contributed by atoms with E-state index in [1.54, 1.807) is 10.6 Å². The molecule has 0 aliphatic carbocycles. The standard InChI is InChI=1S/C16H17Cl2N3O3S2/c1-20-8-9-25-16(20)19-15(22)11-4-6-21(7-5-11)26(23,24)14-10-12(17)2-3-13(14)18/h2-3,8-11H,4-7H2,1H3. The summed E-state index contributed by atoms with van der Waals surface area (Å²) in [6.45, 7) is 0.487. The number of amides is 1. The number of piperidine rings is 1. The number of hydrogen-bond donors (Lipinski definition) is 0. The van der Waals surface area contributed by atoms with Crippen LogP contribution in [0.2, 0.25) is 10.0 Å². The van der Waals surface area contributed by atoms with E-state index in [1.165, 1.54) is 27.8 Å². The van der Waals surface area contributed by atoms with Gasteiger partial charge < -0.3 is 4.57 Å². The third-order valence-corrected chi connectivity index (χ3v) is 7.74. The predicted octanol–water partition coefficient (Wildman–Crippen LogP) is 2.92. The minimum Gasteiger partial charge on any atom is -0.327 e. The zero-order chi connectivity index (χ0) is 18.9. The Kier molecular flexibility index (Phi) is 5.88. The fourth-order valence-corrected chi connectivity index (χ4v) is 5.72. The highest BCUT2D eigenvalue weighted by Gasteiger charge is 2.33.